The third-order valence-corrected chi connectivity index (χ3v) is 4.35. The van der Waals surface area contributed by atoms with E-state index in [2.05, 4.69) is 14.7 Å². The van der Waals surface area contributed by atoms with E-state index in [0.717, 1.165) is 0 Å². The van der Waals surface area contributed by atoms with Crippen LogP contribution in [0.25, 0.3) is 0 Å². The molecule has 2 aliphatic rings. The van der Waals surface area contributed by atoms with Crippen LogP contribution in [0.5, 0.6) is 5.75 Å². The van der Waals surface area contributed by atoms with Gasteiger partial charge in [0.2, 0.25) is 5.78 Å². The SMILES string of the molecule is O=C1c2ccncc2N=C2N(c3ccc(OC(F)(F)F)cc3)CCC12O. The number of aliphatic imine (C=N–C) groups is 1. The molecule has 0 bridgehead atoms. The fourth-order valence-electron chi connectivity index (χ4n) is 3.17. The van der Waals surface area contributed by atoms with Crippen molar-refractivity contribution in [2.75, 3.05) is 11.4 Å². The van der Waals surface area contributed by atoms with Gasteiger partial charge in [0.25, 0.3) is 0 Å². The number of rotatable bonds is 2. The van der Waals surface area contributed by atoms with Crippen LogP contribution in [-0.4, -0.2) is 40.2 Å². The van der Waals surface area contributed by atoms with Gasteiger partial charge in [-0.2, -0.15) is 0 Å². The lowest BCUT2D eigenvalue weighted by molar-refractivity contribution is -0.274. The highest BCUT2D eigenvalue weighted by Crippen LogP contribution is 2.39. The summed E-state index contributed by atoms with van der Waals surface area (Å²) in [6.45, 7) is 0.294. The Hall–Kier alpha value is -2.94. The zero-order valence-corrected chi connectivity index (χ0v) is 13.2. The van der Waals surface area contributed by atoms with E-state index in [-0.39, 0.29) is 18.0 Å². The summed E-state index contributed by atoms with van der Waals surface area (Å²) < 4.78 is 40.7. The summed E-state index contributed by atoms with van der Waals surface area (Å²) in [5.41, 5.74) is -0.618. The molecule has 0 radical (unpaired) electrons. The molecule has 1 unspecified atom stereocenters. The molecule has 26 heavy (non-hydrogen) atoms. The van der Waals surface area contributed by atoms with Crippen LogP contribution in [0.2, 0.25) is 0 Å². The number of ketones is 1. The largest absolute Gasteiger partial charge is 0.573 e. The van der Waals surface area contributed by atoms with Gasteiger partial charge in [0.1, 0.15) is 11.6 Å². The van der Waals surface area contributed by atoms with Crippen LogP contribution in [-0.2, 0) is 0 Å². The zero-order chi connectivity index (χ0) is 18.5. The minimum atomic E-state index is -4.77. The number of Topliss-reactive ketones (excluding diaryl/α,β-unsaturated/α-hetero) is 1. The Kier molecular flexibility index (Phi) is 3.52. The highest BCUT2D eigenvalue weighted by atomic mass is 19.4. The Balaban J connectivity index is 1.69. The van der Waals surface area contributed by atoms with E-state index in [1.807, 2.05) is 0 Å². The first-order valence-electron chi connectivity index (χ1n) is 7.72. The fraction of sp³-hybridized carbons (Fsp3) is 0.235. The van der Waals surface area contributed by atoms with E-state index in [0.29, 0.717) is 23.5 Å². The zero-order valence-electron chi connectivity index (χ0n) is 13.2. The summed E-state index contributed by atoms with van der Waals surface area (Å²) in [4.78, 5) is 22.6. The Morgan fingerprint density at radius 1 is 1.19 bits per heavy atom. The molecule has 0 spiro atoms. The molecule has 2 aliphatic heterocycles. The predicted octanol–water partition coefficient (Wildman–Crippen LogP) is 2.85. The maximum absolute atomic E-state index is 12.7. The lowest BCUT2D eigenvalue weighted by atomic mass is 9.88. The standard InChI is InChI=1S/C17H12F3N3O3/c18-17(19,20)26-11-3-1-10(2-4-11)23-8-6-16(25)14(24)12-5-7-21-9-13(12)22-15(16)23/h1-5,7,9,25H,6,8H2. The van der Waals surface area contributed by atoms with Crippen molar-refractivity contribution in [1.29, 1.82) is 0 Å². The lowest BCUT2D eigenvalue weighted by Crippen LogP contribution is -2.48. The number of carbonyl (C=O) groups excluding carboxylic acids is 1. The average molecular weight is 363 g/mol. The summed E-state index contributed by atoms with van der Waals surface area (Å²) in [7, 11) is 0. The van der Waals surface area contributed by atoms with E-state index >= 15 is 0 Å². The number of aromatic nitrogens is 1. The van der Waals surface area contributed by atoms with E-state index in [1.165, 1.54) is 42.7 Å². The summed E-state index contributed by atoms with van der Waals surface area (Å²) in [5, 5.41) is 10.8. The van der Waals surface area contributed by atoms with Crippen molar-refractivity contribution < 1.29 is 27.8 Å². The van der Waals surface area contributed by atoms with Crippen LogP contribution in [0.4, 0.5) is 24.5 Å². The van der Waals surface area contributed by atoms with Gasteiger partial charge in [-0.05, 0) is 30.3 Å². The molecule has 1 atom stereocenters. The van der Waals surface area contributed by atoms with Crippen LogP contribution in [0, 0.1) is 0 Å². The highest BCUT2D eigenvalue weighted by molar-refractivity contribution is 6.28. The number of hydrogen-bond donors (Lipinski definition) is 1. The molecule has 3 heterocycles. The first-order chi connectivity index (χ1) is 12.3. The van der Waals surface area contributed by atoms with Crippen LogP contribution in [0.3, 0.4) is 0 Å². The summed E-state index contributed by atoms with van der Waals surface area (Å²) >= 11 is 0. The van der Waals surface area contributed by atoms with Gasteiger partial charge in [-0.15, -0.1) is 13.2 Å². The van der Waals surface area contributed by atoms with Crippen molar-refractivity contribution in [1.82, 2.24) is 4.98 Å². The number of benzene rings is 1. The van der Waals surface area contributed by atoms with E-state index in [9.17, 15) is 23.1 Å². The van der Waals surface area contributed by atoms with Crippen molar-refractivity contribution in [2.45, 2.75) is 18.4 Å². The van der Waals surface area contributed by atoms with Gasteiger partial charge in [-0.1, -0.05) is 0 Å². The van der Waals surface area contributed by atoms with Crippen LogP contribution >= 0.6 is 0 Å². The monoisotopic (exact) mass is 363 g/mol. The van der Waals surface area contributed by atoms with Crippen LogP contribution < -0.4 is 9.64 Å². The Morgan fingerprint density at radius 2 is 1.92 bits per heavy atom. The number of halogens is 3. The molecule has 1 aromatic heterocycles. The van der Waals surface area contributed by atoms with Crippen LogP contribution in [0.1, 0.15) is 16.8 Å². The summed E-state index contributed by atoms with van der Waals surface area (Å²) in [6, 6.07) is 6.67. The molecule has 4 rings (SSSR count). The van der Waals surface area contributed by atoms with Gasteiger partial charge < -0.3 is 14.7 Å². The Labute approximate surface area is 145 Å². The second-order valence-corrected chi connectivity index (χ2v) is 5.96. The quantitative estimate of drug-likeness (QED) is 0.888. The first kappa shape index (κ1) is 16.5. The normalized spacial score (nSPS) is 21.9. The third-order valence-electron chi connectivity index (χ3n) is 4.35. The van der Waals surface area contributed by atoms with Crippen LogP contribution in [0.15, 0.2) is 47.7 Å². The van der Waals surface area contributed by atoms with Gasteiger partial charge in [0, 0.05) is 24.8 Å². The second-order valence-electron chi connectivity index (χ2n) is 5.96. The number of hydrogen-bond acceptors (Lipinski definition) is 6. The highest BCUT2D eigenvalue weighted by Gasteiger charge is 2.52. The van der Waals surface area contributed by atoms with Gasteiger partial charge in [0.05, 0.1) is 17.4 Å². The molecule has 0 aliphatic carbocycles. The number of alkyl halides is 3. The van der Waals surface area contributed by atoms with Gasteiger partial charge in [-0.25, -0.2) is 4.99 Å². The van der Waals surface area contributed by atoms with Crippen molar-refractivity contribution in [3.63, 3.8) is 0 Å². The molecular weight excluding hydrogens is 351 g/mol. The molecular formula is C17H12F3N3O3. The van der Waals surface area contributed by atoms with E-state index < -0.39 is 17.7 Å². The summed E-state index contributed by atoms with van der Waals surface area (Å²) in [6.07, 6.45) is -1.76. The second kappa shape index (κ2) is 5.53. The van der Waals surface area contributed by atoms with Crippen molar-refractivity contribution >= 4 is 23.0 Å². The molecule has 1 N–H and O–H groups in total. The van der Waals surface area contributed by atoms with Crippen molar-refractivity contribution in [2.24, 2.45) is 4.99 Å². The summed E-state index contributed by atoms with van der Waals surface area (Å²) in [5.74, 6) is -0.668. The molecule has 134 valence electrons. The Morgan fingerprint density at radius 3 is 2.62 bits per heavy atom. The molecule has 0 amide bonds. The molecule has 1 aromatic carbocycles. The number of aliphatic hydroxyl groups is 1. The maximum Gasteiger partial charge on any atom is 0.573 e. The maximum atomic E-state index is 12.7. The van der Waals surface area contributed by atoms with E-state index in [4.69, 9.17) is 0 Å². The van der Waals surface area contributed by atoms with Gasteiger partial charge in [0.15, 0.2) is 5.60 Å². The smallest absolute Gasteiger partial charge is 0.406 e. The predicted molar refractivity (Wildman–Crippen MR) is 85.7 cm³/mol. The molecule has 1 fully saturated rings. The molecule has 1 saturated heterocycles. The number of fused-ring (bicyclic) bond motifs is 2. The minimum Gasteiger partial charge on any atom is -0.406 e. The molecule has 9 heteroatoms. The first-order valence-corrected chi connectivity index (χ1v) is 7.72. The number of pyridine rings is 1. The minimum absolute atomic E-state index is 0.132. The number of amidine groups is 1. The van der Waals surface area contributed by atoms with Gasteiger partial charge >= 0.3 is 6.36 Å². The number of nitrogens with zero attached hydrogens (tertiary/aromatic N) is 3. The van der Waals surface area contributed by atoms with Gasteiger partial charge in [-0.3, -0.25) is 9.78 Å². The number of carbonyl (C=O) groups is 1. The Bertz CT molecular complexity index is 911. The lowest BCUT2D eigenvalue weighted by Gasteiger charge is -2.29. The fourth-order valence-corrected chi connectivity index (χ4v) is 3.17. The number of anilines is 1. The molecule has 0 saturated carbocycles. The molecule has 6 nitrogen and oxygen atoms in total. The average Bonchev–Trinajstić information content (AvgIpc) is 2.93. The topological polar surface area (TPSA) is 75.0 Å². The van der Waals surface area contributed by atoms with Crippen molar-refractivity contribution in [3.05, 3.63) is 48.3 Å². The molecule has 2 aromatic rings. The van der Waals surface area contributed by atoms with E-state index in [1.54, 1.807) is 4.90 Å². The third kappa shape index (κ3) is 2.60. The number of ether oxygens (including phenoxy) is 1. The van der Waals surface area contributed by atoms with Crippen molar-refractivity contribution in [3.8, 4) is 5.75 Å².